The largest absolute Gasteiger partial charge is 0.480 e. The Morgan fingerprint density at radius 3 is 2.81 bits per heavy atom. The molecule has 32 heavy (non-hydrogen) atoms. The average molecular weight is 444 g/mol. The third kappa shape index (κ3) is 3.58. The van der Waals surface area contributed by atoms with Crippen molar-refractivity contribution in [1.29, 1.82) is 0 Å². The molecule has 0 spiro atoms. The van der Waals surface area contributed by atoms with Crippen LogP contribution in [0.25, 0.3) is 32.1 Å². The Kier molecular flexibility index (Phi) is 5.28. The molecule has 3 heterocycles. The number of rotatable bonds is 7. The summed E-state index contributed by atoms with van der Waals surface area (Å²) in [4.78, 5) is 30.0. The number of thiophene rings is 1. The first-order valence-corrected chi connectivity index (χ1v) is 11.2. The molecular formula is C24H21N5O2S. The van der Waals surface area contributed by atoms with Crippen LogP contribution in [-0.4, -0.2) is 37.1 Å². The van der Waals surface area contributed by atoms with Gasteiger partial charge in [0.25, 0.3) is 0 Å². The molecule has 5 rings (SSSR count). The van der Waals surface area contributed by atoms with Crippen molar-refractivity contribution in [1.82, 2.24) is 19.9 Å². The molecule has 0 bridgehead atoms. The third-order valence-corrected chi connectivity index (χ3v) is 6.77. The molecule has 3 N–H and O–H groups in total. The maximum absolute atomic E-state index is 12.0. The Hall–Kier alpha value is -3.78. The van der Waals surface area contributed by atoms with Gasteiger partial charge in [-0.05, 0) is 22.8 Å². The van der Waals surface area contributed by atoms with E-state index in [4.69, 9.17) is 0 Å². The molecule has 3 aromatic heterocycles. The maximum Gasteiger partial charge on any atom is 0.326 e. The lowest BCUT2D eigenvalue weighted by Gasteiger charge is -2.16. The Bertz CT molecular complexity index is 1410. The number of aryl methyl sites for hydroxylation is 1. The summed E-state index contributed by atoms with van der Waals surface area (Å²) in [5, 5.41) is 16.2. The van der Waals surface area contributed by atoms with Crippen molar-refractivity contribution in [2.75, 3.05) is 5.32 Å². The number of anilines is 1. The van der Waals surface area contributed by atoms with E-state index in [9.17, 15) is 9.90 Å². The zero-order valence-electron chi connectivity index (χ0n) is 17.4. The normalized spacial score (nSPS) is 12.3. The highest BCUT2D eigenvalue weighted by molar-refractivity contribution is 7.19. The highest BCUT2D eigenvalue weighted by atomic mass is 32.1. The van der Waals surface area contributed by atoms with Crippen molar-refractivity contribution in [2.45, 2.75) is 25.8 Å². The number of H-pyrrole nitrogens is 1. The van der Waals surface area contributed by atoms with Gasteiger partial charge >= 0.3 is 5.97 Å². The van der Waals surface area contributed by atoms with E-state index in [2.05, 4.69) is 62.5 Å². The van der Waals surface area contributed by atoms with Gasteiger partial charge in [-0.3, -0.25) is 0 Å². The number of hydrogen-bond acceptors (Lipinski definition) is 6. The van der Waals surface area contributed by atoms with E-state index < -0.39 is 12.0 Å². The molecule has 160 valence electrons. The highest BCUT2D eigenvalue weighted by Crippen LogP contribution is 2.43. The van der Waals surface area contributed by atoms with Gasteiger partial charge in [0.1, 0.15) is 23.0 Å². The van der Waals surface area contributed by atoms with Gasteiger partial charge in [0.05, 0.1) is 11.7 Å². The van der Waals surface area contributed by atoms with Crippen LogP contribution in [0, 0.1) is 0 Å². The van der Waals surface area contributed by atoms with Crippen LogP contribution in [-0.2, 0) is 17.6 Å². The summed E-state index contributed by atoms with van der Waals surface area (Å²) >= 11 is 1.63. The lowest BCUT2D eigenvalue weighted by Crippen LogP contribution is -2.32. The zero-order valence-corrected chi connectivity index (χ0v) is 18.2. The Morgan fingerprint density at radius 2 is 2.03 bits per heavy atom. The van der Waals surface area contributed by atoms with E-state index >= 15 is 0 Å². The van der Waals surface area contributed by atoms with E-state index in [1.807, 2.05) is 12.1 Å². The summed E-state index contributed by atoms with van der Waals surface area (Å²) in [7, 11) is 0. The van der Waals surface area contributed by atoms with Crippen LogP contribution in [0.3, 0.4) is 0 Å². The predicted octanol–water partition coefficient (Wildman–Crippen LogP) is 4.90. The van der Waals surface area contributed by atoms with Gasteiger partial charge in [-0.1, -0.05) is 49.4 Å². The van der Waals surface area contributed by atoms with Gasteiger partial charge in [0, 0.05) is 28.8 Å². The second kappa shape index (κ2) is 8.39. The number of carbonyl (C=O) groups is 1. The minimum atomic E-state index is -0.955. The van der Waals surface area contributed by atoms with Crippen LogP contribution in [0.5, 0.6) is 0 Å². The van der Waals surface area contributed by atoms with Crippen molar-refractivity contribution >= 4 is 44.1 Å². The molecule has 1 atom stereocenters. The molecule has 0 amide bonds. The number of fused-ring (bicyclic) bond motifs is 2. The van der Waals surface area contributed by atoms with Gasteiger partial charge in [-0.15, -0.1) is 11.3 Å². The SMILES string of the molecule is CCc1sc2ncnc(N[C@H](Cc3cnc[nH]3)C(=O)O)c2c1-c1cccc2ccccc12. The number of nitrogens with one attached hydrogen (secondary N) is 2. The Morgan fingerprint density at radius 1 is 1.19 bits per heavy atom. The number of imidazole rings is 1. The number of nitrogens with zero attached hydrogens (tertiary/aromatic N) is 3. The fraction of sp³-hybridized carbons (Fsp3) is 0.167. The number of carboxylic acid groups (broad SMARTS) is 1. The van der Waals surface area contributed by atoms with Gasteiger partial charge in [-0.2, -0.15) is 0 Å². The van der Waals surface area contributed by atoms with Crippen LogP contribution in [0.15, 0.2) is 61.3 Å². The summed E-state index contributed by atoms with van der Waals surface area (Å²) in [5.41, 5.74) is 2.91. The number of aromatic amines is 1. The van der Waals surface area contributed by atoms with Crippen LogP contribution in [0.1, 0.15) is 17.5 Å². The van der Waals surface area contributed by atoms with Crippen molar-refractivity contribution < 1.29 is 9.90 Å². The molecule has 7 nitrogen and oxygen atoms in total. The Balaban J connectivity index is 1.68. The average Bonchev–Trinajstić information content (AvgIpc) is 3.46. The third-order valence-electron chi connectivity index (χ3n) is 5.53. The fourth-order valence-corrected chi connectivity index (χ4v) is 5.14. The standard InChI is InChI=1S/C24H21N5O2S/c1-2-19-20(17-9-5-7-14-6-3-4-8-16(14)17)21-22(27-13-28-23(21)32-19)29-18(24(30)31)10-15-11-25-12-26-15/h3-9,11-13,18H,2,10H2,1H3,(H,25,26)(H,30,31)(H,27,28,29)/t18-/m1/s1. The number of aliphatic carboxylic acids is 1. The fourth-order valence-electron chi connectivity index (χ4n) is 4.05. The summed E-state index contributed by atoms with van der Waals surface area (Å²) in [6.07, 6.45) is 5.77. The molecule has 0 radical (unpaired) electrons. The van der Waals surface area contributed by atoms with Crippen molar-refractivity contribution in [3.05, 3.63) is 71.9 Å². The van der Waals surface area contributed by atoms with Crippen LogP contribution >= 0.6 is 11.3 Å². The molecule has 0 aliphatic rings. The Labute approximate surface area is 188 Å². The minimum Gasteiger partial charge on any atom is -0.480 e. The van der Waals surface area contributed by atoms with Crippen LogP contribution in [0.2, 0.25) is 0 Å². The maximum atomic E-state index is 12.0. The highest BCUT2D eigenvalue weighted by Gasteiger charge is 2.24. The van der Waals surface area contributed by atoms with Gasteiger partial charge < -0.3 is 15.4 Å². The minimum absolute atomic E-state index is 0.259. The first kappa shape index (κ1) is 20.1. The van der Waals surface area contributed by atoms with E-state index in [1.165, 1.54) is 11.2 Å². The summed E-state index contributed by atoms with van der Waals surface area (Å²) in [6, 6.07) is 13.7. The van der Waals surface area contributed by atoms with Crippen molar-refractivity contribution in [2.24, 2.45) is 0 Å². The second-order valence-electron chi connectivity index (χ2n) is 7.50. The number of benzene rings is 2. The summed E-state index contributed by atoms with van der Waals surface area (Å²) in [5.74, 6) is -0.426. The van der Waals surface area contributed by atoms with E-state index in [0.717, 1.165) is 44.2 Å². The summed E-state index contributed by atoms with van der Waals surface area (Å²) < 4.78 is 0. The smallest absolute Gasteiger partial charge is 0.326 e. The molecule has 5 aromatic rings. The summed E-state index contributed by atoms with van der Waals surface area (Å²) in [6.45, 7) is 2.12. The lowest BCUT2D eigenvalue weighted by atomic mass is 9.96. The molecular weight excluding hydrogens is 422 g/mol. The molecule has 0 saturated heterocycles. The number of hydrogen-bond donors (Lipinski definition) is 3. The monoisotopic (exact) mass is 443 g/mol. The number of carboxylic acids is 1. The molecule has 0 aliphatic carbocycles. The first-order valence-electron chi connectivity index (χ1n) is 10.4. The van der Waals surface area contributed by atoms with E-state index in [1.54, 1.807) is 23.9 Å². The topological polar surface area (TPSA) is 104 Å². The lowest BCUT2D eigenvalue weighted by molar-refractivity contribution is -0.137. The number of aromatic nitrogens is 4. The van der Waals surface area contributed by atoms with E-state index in [-0.39, 0.29) is 6.42 Å². The van der Waals surface area contributed by atoms with Gasteiger partial charge in [0.2, 0.25) is 0 Å². The first-order chi connectivity index (χ1) is 15.7. The molecule has 0 saturated carbocycles. The molecule has 0 unspecified atom stereocenters. The van der Waals surface area contributed by atoms with Gasteiger partial charge in [-0.25, -0.2) is 19.7 Å². The molecule has 0 aliphatic heterocycles. The van der Waals surface area contributed by atoms with Crippen molar-refractivity contribution in [3.8, 4) is 11.1 Å². The second-order valence-corrected chi connectivity index (χ2v) is 8.58. The van der Waals surface area contributed by atoms with E-state index in [0.29, 0.717) is 5.82 Å². The molecule has 8 heteroatoms. The predicted molar refractivity (Wildman–Crippen MR) is 127 cm³/mol. The van der Waals surface area contributed by atoms with Crippen LogP contribution in [0.4, 0.5) is 5.82 Å². The quantitative estimate of drug-likeness (QED) is 0.330. The zero-order chi connectivity index (χ0) is 22.1. The van der Waals surface area contributed by atoms with Gasteiger partial charge in [0.15, 0.2) is 0 Å². The van der Waals surface area contributed by atoms with Crippen LogP contribution < -0.4 is 5.32 Å². The molecule has 2 aromatic carbocycles. The van der Waals surface area contributed by atoms with Crippen molar-refractivity contribution in [3.63, 3.8) is 0 Å². The molecule has 0 fully saturated rings.